The van der Waals surface area contributed by atoms with E-state index in [2.05, 4.69) is 5.32 Å². The Kier molecular flexibility index (Phi) is 8.76. The molecule has 2 rings (SSSR count). The van der Waals surface area contributed by atoms with Crippen LogP contribution in [-0.4, -0.2) is 30.4 Å². The van der Waals surface area contributed by atoms with Crippen LogP contribution in [-0.2, 0) is 22.2 Å². The fraction of sp³-hybridized carbons (Fsp3) is 0.450. The van der Waals surface area contributed by atoms with E-state index in [4.69, 9.17) is 9.15 Å². The summed E-state index contributed by atoms with van der Waals surface area (Å²) in [7, 11) is 0. The van der Waals surface area contributed by atoms with Crippen molar-refractivity contribution in [2.45, 2.75) is 38.8 Å². The van der Waals surface area contributed by atoms with Crippen molar-refractivity contribution < 1.29 is 31.9 Å². The molecular formula is C20H22F3NO5S. The van der Waals surface area contributed by atoms with Gasteiger partial charge in [0.25, 0.3) is 0 Å². The van der Waals surface area contributed by atoms with Crippen LogP contribution in [0.3, 0.4) is 0 Å². The lowest BCUT2D eigenvalue weighted by Crippen LogP contribution is -2.27. The highest BCUT2D eigenvalue weighted by Gasteiger charge is 2.34. The predicted octanol–water partition coefficient (Wildman–Crippen LogP) is 3.96. The SMILES string of the molecule is CCCCc1c(OCCCNC(=O)CSC=O)ccc2c(C(F)(F)F)cc(=O)oc12. The zero-order valence-corrected chi connectivity index (χ0v) is 17.2. The van der Waals surface area contributed by atoms with Gasteiger partial charge in [0.2, 0.25) is 5.91 Å². The van der Waals surface area contributed by atoms with E-state index in [1.165, 1.54) is 12.1 Å². The number of nitrogens with one attached hydrogen (secondary N) is 1. The number of thioether (sulfide) groups is 1. The summed E-state index contributed by atoms with van der Waals surface area (Å²) < 4.78 is 50.9. The Morgan fingerprint density at radius 1 is 1.30 bits per heavy atom. The Labute approximate surface area is 175 Å². The highest BCUT2D eigenvalue weighted by Crippen LogP contribution is 2.37. The maximum atomic E-state index is 13.3. The molecule has 0 fully saturated rings. The quantitative estimate of drug-likeness (QED) is 0.320. The first kappa shape index (κ1) is 23.8. The Balaban J connectivity index is 2.20. The van der Waals surface area contributed by atoms with Gasteiger partial charge in [-0.05, 0) is 31.4 Å². The van der Waals surface area contributed by atoms with Gasteiger partial charge in [-0.1, -0.05) is 25.1 Å². The molecule has 164 valence electrons. The van der Waals surface area contributed by atoms with Crippen LogP contribution in [0.25, 0.3) is 11.0 Å². The van der Waals surface area contributed by atoms with E-state index < -0.39 is 17.4 Å². The summed E-state index contributed by atoms with van der Waals surface area (Å²) in [5.74, 6) is 0.112. The molecule has 1 aromatic carbocycles. The number of unbranched alkanes of at least 4 members (excludes halogenated alkanes) is 1. The summed E-state index contributed by atoms with van der Waals surface area (Å²) in [6.45, 7) is 2.47. The van der Waals surface area contributed by atoms with Gasteiger partial charge < -0.3 is 14.5 Å². The van der Waals surface area contributed by atoms with Crippen molar-refractivity contribution >= 4 is 34.3 Å². The molecule has 2 aromatic rings. The summed E-state index contributed by atoms with van der Waals surface area (Å²) in [5.41, 5.74) is -1.21. The lowest BCUT2D eigenvalue weighted by atomic mass is 10.0. The number of aryl methyl sites for hydroxylation is 1. The van der Waals surface area contributed by atoms with Gasteiger partial charge in [-0.15, -0.1) is 0 Å². The number of carbonyl (C=O) groups is 2. The molecule has 0 aliphatic heterocycles. The minimum absolute atomic E-state index is 0.0385. The van der Waals surface area contributed by atoms with Gasteiger partial charge >= 0.3 is 11.8 Å². The fourth-order valence-electron chi connectivity index (χ4n) is 2.87. The van der Waals surface area contributed by atoms with E-state index in [1.807, 2.05) is 6.92 Å². The highest BCUT2D eigenvalue weighted by atomic mass is 32.2. The Bertz CT molecular complexity index is 942. The summed E-state index contributed by atoms with van der Waals surface area (Å²) in [6, 6.07) is 3.14. The second-order valence-corrected chi connectivity index (χ2v) is 7.27. The molecule has 1 amide bonds. The average Bonchev–Trinajstić information content (AvgIpc) is 2.69. The van der Waals surface area contributed by atoms with E-state index >= 15 is 0 Å². The van der Waals surface area contributed by atoms with Crippen molar-refractivity contribution in [3.63, 3.8) is 0 Å². The number of ether oxygens (including phenoxy) is 1. The van der Waals surface area contributed by atoms with Crippen LogP contribution < -0.4 is 15.7 Å². The molecule has 0 saturated carbocycles. The number of hydrogen-bond acceptors (Lipinski definition) is 6. The van der Waals surface area contributed by atoms with E-state index in [1.54, 1.807) is 0 Å². The summed E-state index contributed by atoms with van der Waals surface area (Å²) in [4.78, 5) is 33.4. The van der Waals surface area contributed by atoms with Gasteiger partial charge in [0.1, 0.15) is 11.3 Å². The zero-order valence-electron chi connectivity index (χ0n) is 16.3. The maximum Gasteiger partial charge on any atom is 0.417 e. The third kappa shape index (κ3) is 6.51. The van der Waals surface area contributed by atoms with Crippen LogP contribution in [0.1, 0.15) is 37.3 Å². The molecule has 0 saturated heterocycles. The van der Waals surface area contributed by atoms with Crippen LogP contribution in [0.2, 0.25) is 0 Å². The first-order chi connectivity index (χ1) is 14.3. The molecule has 1 heterocycles. The number of rotatable bonds is 11. The largest absolute Gasteiger partial charge is 0.493 e. The maximum absolute atomic E-state index is 13.3. The Morgan fingerprint density at radius 3 is 2.73 bits per heavy atom. The van der Waals surface area contributed by atoms with E-state index in [-0.39, 0.29) is 29.2 Å². The average molecular weight is 445 g/mol. The molecule has 1 aromatic heterocycles. The van der Waals surface area contributed by atoms with Crippen molar-refractivity contribution in [1.29, 1.82) is 0 Å². The lowest BCUT2D eigenvalue weighted by Gasteiger charge is -2.16. The monoisotopic (exact) mass is 445 g/mol. The van der Waals surface area contributed by atoms with Gasteiger partial charge in [0.05, 0.1) is 17.9 Å². The van der Waals surface area contributed by atoms with Gasteiger partial charge in [-0.3, -0.25) is 9.59 Å². The van der Waals surface area contributed by atoms with Crippen molar-refractivity contribution in [1.82, 2.24) is 5.32 Å². The fourth-order valence-corrected chi connectivity index (χ4v) is 3.19. The van der Waals surface area contributed by atoms with Crippen LogP contribution in [0, 0.1) is 0 Å². The van der Waals surface area contributed by atoms with Gasteiger partial charge in [0, 0.05) is 23.6 Å². The molecule has 0 aliphatic carbocycles. The minimum Gasteiger partial charge on any atom is -0.493 e. The number of benzene rings is 1. The molecule has 0 bridgehead atoms. The Morgan fingerprint density at radius 2 is 2.07 bits per heavy atom. The second kappa shape index (κ2) is 11.1. The van der Waals surface area contributed by atoms with Crippen molar-refractivity contribution in [3.05, 3.63) is 39.7 Å². The molecular weight excluding hydrogens is 423 g/mol. The second-order valence-electron chi connectivity index (χ2n) is 6.46. The lowest BCUT2D eigenvalue weighted by molar-refractivity contribution is -0.136. The van der Waals surface area contributed by atoms with E-state index in [0.29, 0.717) is 48.8 Å². The normalized spacial score (nSPS) is 11.5. The molecule has 0 unspecified atom stereocenters. The molecule has 1 N–H and O–H groups in total. The smallest absolute Gasteiger partial charge is 0.417 e. The first-order valence-electron chi connectivity index (χ1n) is 9.39. The molecule has 0 radical (unpaired) electrons. The van der Waals surface area contributed by atoms with Crippen molar-refractivity contribution in [2.24, 2.45) is 0 Å². The number of alkyl halides is 3. The van der Waals surface area contributed by atoms with Gasteiger partial charge in [0.15, 0.2) is 5.62 Å². The number of amides is 1. The summed E-state index contributed by atoms with van der Waals surface area (Å²) in [6.07, 6.45) is -2.36. The van der Waals surface area contributed by atoms with Crippen LogP contribution >= 0.6 is 11.8 Å². The van der Waals surface area contributed by atoms with E-state index in [9.17, 15) is 27.6 Å². The number of fused-ring (bicyclic) bond motifs is 1. The molecule has 30 heavy (non-hydrogen) atoms. The molecule has 0 aliphatic rings. The summed E-state index contributed by atoms with van der Waals surface area (Å²) >= 11 is 0.852. The molecule has 0 spiro atoms. The van der Waals surface area contributed by atoms with Crippen molar-refractivity contribution in [2.75, 3.05) is 18.9 Å². The minimum atomic E-state index is -4.68. The van der Waals surface area contributed by atoms with Crippen LogP contribution in [0.15, 0.2) is 27.4 Å². The molecule has 6 nitrogen and oxygen atoms in total. The van der Waals surface area contributed by atoms with Crippen molar-refractivity contribution in [3.8, 4) is 5.75 Å². The number of hydrogen-bond donors (Lipinski definition) is 1. The van der Waals surface area contributed by atoms with Gasteiger partial charge in [-0.2, -0.15) is 13.2 Å². The van der Waals surface area contributed by atoms with Crippen LogP contribution in [0.5, 0.6) is 5.75 Å². The zero-order chi connectivity index (χ0) is 22.1. The topological polar surface area (TPSA) is 85.6 Å². The number of halogens is 3. The molecule has 10 heteroatoms. The third-order valence-electron chi connectivity index (χ3n) is 4.24. The predicted molar refractivity (Wildman–Crippen MR) is 108 cm³/mol. The highest BCUT2D eigenvalue weighted by molar-refractivity contribution is 8.12. The third-order valence-corrected chi connectivity index (χ3v) is 4.81. The first-order valence-corrected chi connectivity index (χ1v) is 10.4. The Hall–Kier alpha value is -2.49. The standard InChI is InChI=1S/C20H22F3NO5S/c1-2-3-5-14-16(28-9-4-8-24-17(26)11-30-12-25)7-6-13-15(20(21,22)23)10-18(27)29-19(13)14/h6-7,10,12H,2-5,8-9,11H2,1H3,(H,24,26). The van der Waals surface area contributed by atoms with Crippen LogP contribution in [0.4, 0.5) is 13.2 Å². The van der Waals surface area contributed by atoms with Gasteiger partial charge in [-0.25, -0.2) is 4.79 Å². The van der Waals surface area contributed by atoms with E-state index in [0.717, 1.165) is 18.2 Å². The number of carbonyl (C=O) groups excluding carboxylic acids is 2. The summed E-state index contributed by atoms with van der Waals surface area (Å²) in [5, 5.41) is 2.45. The molecule has 0 atom stereocenters.